The van der Waals surface area contributed by atoms with Crippen molar-refractivity contribution in [3.8, 4) is 22.5 Å². The minimum atomic E-state index is -0.477. The molecule has 1 aliphatic heterocycles. The van der Waals surface area contributed by atoms with Crippen LogP contribution >= 0.6 is 11.6 Å². The lowest BCUT2D eigenvalue weighted by Crippen LogP contribution is -2.03. The second-order valence-corrected chi connectivity index (χ2v) is 6.61. The van der Waals surface area contributed by atoms with Crippen LogP contribution in [0.1, 0.15) is 5.56 Å². The minimum Gasteiger partial charge on any atom is -0.456 e. The Bertz CT molecular complexity index is 1310. The molecule has 0 N–H and O–H groups in total. The molecule has 0 aromatic heterocycles. The molecule has 7 nitrogen and oxygen atoms in total. The summed E-state index contributed by atoms with van der Waals surface area (Å²) in [6, 6.07) is 12.1. The number of nitrogens with zero attached hydrogens (tertiary/aromatic N) is 2. The molecule has 1 aliphatic carbocycles. The zero-order valence-corrected chi connectivity index (χ0v) is 15.2. The van der Waals surface area contributed by atoms with Gasteiger partial charge in [0, 0.05) is 34.2 Å². The predicted molar refractivity (Wildman–Crippen MR) is 106 cm³/mol. The summed E-state index contributed by atoms with van der Waals surface area (Å²) in [5, 5.41) is 15.1. The van der Waals surface area contributed by atoms with Crippen molar-refractivity contribution in [2.75, 3.05) is 0 Å². The van der Waals surface area contributed by atoms with Gasteiger partial charge in [0.05, 0.1) is 15.5 Å². The summed E-state index contributed by atoms with van der Waals surface area (Å²) in [7, 11) is 0. The molecule has 0 atom stereocenters. The molecule has 28 heavy (non-hydrogen) atoms. The first-order chi connectivity index (χ1) is 13.4. The Balaban J connectivity index is 2.28. The largest absolute Gasteiger partial charge is 0.456 e. The first-order valence-corrected chi connectivity index (χ1v) is 8.57. The fourth-order valence-electron chi connectivity index (χ4n) is 3.31. The Morgan fingerprint density at radius 2 is 1.86 bits per heavy atom. The molecule has 4 rings (SSSR count). The highest BCUT2D eigenvalue weighted by Gasteiger charge is 2.25. The molecule has 1 heterocycles. The van der Waals surface area contributed by atoms with Crippen molar-refractivity contribution in [3.05, 3.63) is 84.4 Å². The second kappa shape index (κ2) is 6.54. The molecule has 0 bridgehead atoms. The standard InChI is InChI=1S/C20H11ClN2O5/c1-10-15(22-25)7-6-12-19(11-4-2-3-5-16(11)23(26)27)13-8-14(21)17(24)9-18(13)28-20(10)12/h2-9H,1H3. The number of halogens is 1. The van der Waals surface area contributed by atoms with E-state index in [0.717, 1.165) is 0 Å². The number of hydrogen-bond donors (Lipinski definition) is 0. The van der Waals surface area contributed by atoms with Crippen LogP contribution < -0.4 is 5.43 Å². The van der Waals surface area contributed by atoms with E-state index in [4.69, 9.17) is 16.0 Å². The Labute approximate surface area is 162 Å². The molecular weight excluding hydrogens is 384 g/mol. The van der Waals surface area contributed by atoms with Gasteiger partial charge in [0.1, 0.15) is 17.0 Å². The van der Waals surface area contributed by atoms with Crippen LogP contribution in [0.3, 0.4) is 0 Å². The molecule has 2 aromatic rings. The van der Waals surface area contributed by atoms with Gasteiger partial charge in [-0.05, 0) is 36.4 Å². The topological polar surface area (TPSA) is 103 Å². The van der Waals surface area contributed by atoms with E-state index in [1.54, 1.807) is 31.2 Å². The zero-order valence-electron chi connectivity index (χ0n) is 14.4. The Kier molecular flexibility index (Phi) is 4.16. The normalized spacial score (nSPS) is 11.1. The minimum absolute atomic E-state index is 0.0233. The van der Waals surface area contributed by atoms with Crippen molar-refractivity contribution in [1.29, 1.82) is 0 Å². The summed E-state index contributed by atoms with van der Waals surface area (Å²) in [4.78, 5) is 34.2. The maximum absolute atomic E-state index is 12.0. The van der Waals surface area contributed by atoms with Gasteiger partial charge in [-0.2, -0.15) is 0 Å². The molecule has 8 heteroatoms. The molecule has 2 aromatic carbocycles. The molecule has 2 aliphatic rings. The molecule has 0 spiro atoms. The maximum Gasteiger partial charge on any atom is 0.277 e. The number of benzene rings is 3. The molecule has 0 amide bonds. The van der Waals surface area contributed by atoms with Crippen molar-refractivity contribution in [3.63, 3.8) is 0 Å². The quantitative estimate of drug-likeness (QED) is 0.188. The Hall–Kier alpha value is -3.58. The molecule has 0 radical (unpaired) electrons. The van der Waals surface area contributed by atoms with Crippen LogP contribution in [0.5, 0.6) is 0 Å². The summed E-state index contributed by atoms with van der Waals surface area (Å²) in [6.45, 7) is 1.66. The summed E-state index contributed by atoms with van der Waals surface area (Å²) in [5.41, 5.74) is 1.72. The van der Waals surface area contributed by atoms with Gasteiger partial charge in [-0.3, -0.25) is 14.9 Å². The first kappa shape index (κ1) is 17.8. The SMILES string of the molecule is Cc1c(N=O)ccc2c(-c3ccccc3[N+](=O)[O-])c3cc(Cl)c(=O)cc-3oc12. The van der Waals surface area contributed by atoms with E-state index in [-0.39, 0.29) is 22.2 Å². The highest BCUT2D eigenvalue weighted by Crippen LogP contribution is 2.45. The van der Waals surface area contributed by atoms with E-state index in [9.17, 15) is 19.8 Å². The number of nitro benzene ring substituents is 1. The van der Waals surface area contributed by atoms with Crippen molar-refractivity contribution in [2.45, 2.75) is 6.92 Å². The lowest BCUT2D eigenvalue weighted by molar-refractivity contribution is -0.384. The number of aryl methyl sites for hydroxylation is 1. The van der Waals surface area contributed by atoms with Crippen LogP contribution in [0.15, 0.2) is 62.9 Å². The van der Waals surface area contributed by atoms with Gasteiger partial charge in [-0.1, -0.05) is 23.7 Å². The lowest BCUT2D eigenvalue weighted by Gasteiger charge is -2.16. The molecule has 0 unspecified atom stereocenters. The summed E-state index contributed by atoms with van der Waals surface area (Å²) < 4.78 is 5.89. The highest BCUT2D eigenvalue weighted by molar-refractivity contribution is 6.31. The van der Waals surface area contributed by atoms with Crippen LogP contribution in [-0.4, -0.2) is 4.92 Å². The third-order valence-corrected chi connectivity index (χ3v) is 4.93. The van der Waals surface area contributed by atoms with E-state index in [1.165, 1.54) is 24.3 Å². The maximum atomic E-state index is 12.0. The van der Waals surface area contributed by atoms with Crippen molar-refractivity contribution in [2.24, 2.45) is 5.18 Å². The summed E-state index contributed by atoms with van der Waals surface area (Å²) >= 11 is 6.04. The lowest BCUT2D eigenvalue weighted by atomic mass is 9.91. The van der Waals surface area contributed by atoms with Crippen LogP contribution in [0.2, 0.25) is 5.02 Å². The van der Waals surface area contributed by atoms with Gasteiger partial charge in [0.2, 0.25) is 5.43 Å². The monoisotopic (exact) mass is 394 g/mol. The van der Waals surface area contributed by atoms with Crippen LogP contribution in [0.4, 0.5) is 11.4 Å². The highest BCUT2D eigenvalue weighted by atomic mass is 35.5. The Morgan fingerprint density at radius 3 is 2.57 bits per heavy atom. The van der Waals surface area contributed by atoms with Gasteiger partial charge >= 0.3 is 0 Å². The average molecular weight is 395 g/mol. The van der Waals surface area contributed by atoms with E-state index >= 15 is 0 Å². The number of rotatable bonds is 3. The van der Waals surface area contributed by atoms with Crippen LogP contribution in [0.25, 0.3) is 33.4 Å². The summed E-state index contributed by atoms with van der Waals surface area (Å²) in [6.07, 6.45) is 0. The smallest absolute Gasteiger partial charge is 0.277 e. The van der Waals surface area contributed by atoms with Crippen molar-refractivity contribution < 1.29 is 9.34 Å². The third kappa shape index (κ3) is 2.64. The molecule has 0 saturated heterocycles. The van der Waals surface area contributed by atoms with Gasteiger partial charge in [0.25, 0.3) is 5.69 Å². The molecule has 138 valence electrons. The van der Waals surface area contributed by atoms with E-state index in [0.29, 0.717) is 33.2 Å². The van der Waals surface area contributed by atoms with Gasteiger partial charge in [-0.25, -0.2) is 0 Å². The predicted octanol–water partition coefficient (Wildman–Crippen LogP) is 5.83. The number of nitro groups is 1. The average Bonchev–Trinajstić information content (AvgIpc) is 2.68. The van der Waals surface area contributed by atoms with Crippen molar-refractivity contribution >= 4 is 33.9 Å². The van der Waals surface area contributed by atoms with Gasteiger partial charge < -0.3 is 4.42 Å². The third-order valence-electron chi connectivity index (χ3n) is 4.63. The van der Waals surface area contributed by atoms with E-state index in [2.05, 4.69) is 5.18 Å². The Morgan fingerprint density at radius 1 is 1.11 bits per heavy atom. The first-order valence-electron chi connectivity index (χ1n) is 8.19. The van der Waals surface area contributed by atoms with E-state index in [1.807, 2.05) is 0 Å². The number of para-hydroxylation sites is 1. The van der Waals surface area contributed by atoms with E-state index < -0.39 is 10.4 Å². The second-order valence-electron chi connectivity index (χ2n) is 6.21. The van der Waals surface area contributed by atoms with Crippen LogP contribution in [0, 0.1) is 21.9 Å². The van der Waals surface area contributed by atoms with Crippen LogP contribution in [-0.2, 0) is 0 Å². The fraction of sp³-hybridized carbons (Fsp3) is 0.0500. The molecule has 0 fully saturated rings. The summed E-state index contributed by atoms with van der Waals surface area (Å²) in [5.74, 6) is 0.209. The van der Waals surface area contributed by atoms with Gasteiger partial charge in [0.15, 0.2) is 0 Å². The molecule has 0 saturated carbocycles. The zero-order chi connectivity index (χ0) is 20.0. The number of hydrogen-bond acceptors (Lipinski definition) is 6. The van der Waals surface area contributed by atoms with Crippen molar-refractivity contribution in [1.82, 2.24) is 0 Å². The number of nitroso groups, excluding NO2 is 1. The van der Waals surface area contributed by atoms with Gasteiger partial charge in [-0.15, -0.1) is 4.91 Å². The number of fused-ring (bicyclic) bond motifs is 2. The molecular formula is C20H11ClN2O5. The fourth-order valence-corrected chi connectivity index (χ4v) is 3.48.